The van der Waals surface area contributed by atoms with Crippen LogP contribution >= 0.6 is 15.9 Å². The van der Waals surface area contributed by atoms with Gasteiger partial charge in [-0.05, 0) is 48.7 Å². The number of aromatic hydroxyl groups is 1. The number of halogens is 1. The number of ketones is 1. The van der Waals surface area contributed by atoms with E-state index in [0.29, 0.717) is 24.2 Å². The molecule has 0 aromatic heterocycles. The molecule has 1 unspecified atom stereocenters. The molecule has 5 nitrogen and oxygen atoms in total. The van der Waals surface area contributed by atoms with Crippen LogP contribution in [0.15, 0.2) is 58.2 Å². The van der Waals surface area contributed by atoms with Gasteiger partial charge in [0.1, 0.15) is 0 Å². The summed E-state index contributed by atoms with van der Waals surface area (Å²) >= 11 is 3.46. The first kappa shape index (κ1) is 18.7. The largest absolute Gasteiger partial charge is 0.504 e. The summed E-state index contributed by atoms with van der Waals surface area (Å²) < 4.78 is 6.10. The number of hydrogen-bond acceptors (Lipinski definition) is 4. The highest BCUT2D eigenvalue weighted by molar-refractivity contribution is 9.10. The molecule has 1 aliphatic heterocycles. The molecule has 144 valence electrons. The van der Waals surface area contributed by atoms with Crippen molar-refractivity contribution >= 4 is 33.3 Å². The smallest absolute Gasteiger partial charge is 0.232 e. The Hall–Kier alpha value is -2.60. The lowest BCUT2D eigenvalue weighted by molar-refractivity contribution is -0.119. The molecular weight excluding hydrogens is 422 g/mol. The molecule has 1 heterocycles. The average molecular weight is 442 g/mol. The Morgan fingerprint density at radius 1 is 1.14 bits per heavy atom. The summed E-state index contributed by atoms with van der Waals surface area (Å²) in [6.07, 6.45) is 2.11. The quantitative estimate of drug-likeness (QED) is 0.749. The van der Waals surface area contributed by atoms with Gasteiger partial charge in [-0.15, -0.1) is 0 Å². The van der Waals surface area contributed by atoms with Crippen molar-refractivity contribution < 1.29 is 19.4 Å². The first-order valence-electron chi connectivity index (χ1n) is 9.21. The fourth-order valence-corrected chi connectivity index (χ4v) is 4.49. The van der Waals surface area contributed by atoms with E-state index >= 15 is 0 Å². The van der Waals surface area contributed by atoms with E-state index in [1.54, 1.807) is 23.1 Å². The average Bonchev–Trinajstić information content (AvgIpc) is 2.68. The summed E-state index contributed by atoms with van der Waals surface area (Å²) in [7, 11) is 1.48. The van der Waals surface area contributed by atoms with E-state index in [1.807, 2.05) is 24.3 Å². The fourth-order valence-electron chi connectivity index (χ4n) is 4.10. The summed E-state index contributed by atoms with van der Waals surface area (Å²) in [5, 5.41) is 9.90. The number of methoxy groups -OCH3 is 1. The van der Waals surface area contributed by atoms with Gasteiger partial charge in [0, 0.05) is 40.2 Å². The van der Waals surface area contributed by atoms with E-state index in [9.17, 15) is 14.7 Å². The number of hydrogen-bond donors (Lipinski definition) is 1. The molecule has 1 amide bonds. The minimum absolute atomic E-state index is 0.0355. The minimum atomic E-state index is -0.326. The molecule has 1 atom stereocenters. The van der Waals surface area contributed by atoms with Gasteiger partial charge in [-0.2, -0.15) is 0 Å². The fraction of sp³-hybridized carbons (Fsp3) is 0.273. The number of carbonyl (C=O) groups excluding carboxylic acids is 2. The molecule has 4 rings (SSSR count). The maximum Gasteiger partial charge on any atom is 0.232 e. The summed E-state index contributed by atoms with van der Waals surface area (Å²) in [6, 6.07) is 12.6. The number of ether oxygens (including phenoxy) is 1. The van der Waals surface area contributed by atoms with Gasteiger partial charge in [-0.3, -0.25) is 14.5 Å². The van der Waals surface area contributed by atoms with Crippen LogP contribution in [-0.2, 0) is 9.59 Å². The molecule has 1 aliphatic carbocycles. The lowest BCUT2D eigenvalue weighted by Crippen LogP contribution is -2.40. The molecule has 0 fully saturated rings. The molecule has 0 saturated carbocycles. The van der Waals surface area contributed by atoms with Gasteiger partial charge in [0.2, 0.25) is 5.91 Å². The van der Waals surface area contributed by atoms with Crippen LogP contribution in [0.25, 0.3) is 0 Å². The Morgan fingerprint density at radius 3 is 2.71 bits per heavy atom. The van der Waals surface area contributed by atoms with Gasteiger partial charge in [0.05, 0.1) is 7.11 Å². The van der Waals surface area contributed by atoms with Crippen molar-refractivity contribution in [2.24, 2.45) is 0 Å². The predicted molar refractivity (Wildman–Crippen MR) is 110 cm³/mol. The lowest BCUT2D eigenvalue weighted by atomic mass is 9.77. The van der Waals surface area contributed by atoms with Crippen LogP contribution in [0.1, 0.15) is 37.2 Å². The number of anilines is 1. The Kier molecular flexibility index (Phi) is 4.98. The first-order valence-corrected chi connectivity index (χ1v) is 10.0. The molecule has 2 aliphatic rings. The molecule has 0 spiro atoms. The maximum atomic E-state index is 13.2. The van der Waals surface area contributed by atoms with E-state index in [-0.39, 0.29) is 29.8 Å². The second-order valence-electron chi connectivity index (χ2n) is 7.03. The van der Waals surface area contributed by atoms with Gasteiger partial charge in [-0.25, -0.2) is 0 Å². The van der Waals surface area contributed by atoms with Crippen molar-refractivity contribution in [1.82, 2.24) is 0 Å². The van der Waals surface area contributed by atoms with Crippen molar-refractivity contribution in [3.05, 3.63) is 63.8 Å². The number of allylic oxidation sites excluding steroid dienone is 2. The molecular formula is C22H20BrNO4. The molecule has 1 N–H and O–H groups in total. The molecule has 6 heteroatoms. The number of phenols is 1. The predicted octanol–water partition coefficient (Wildman–Crippen LogP) is 4.69. The van der Waals surface area contributed by atoms with E-state index < -0.39 is 0 Å². The van der Waals surface area contributed by atoms with Gasteiger partial charge in [0.25, 0.3) is 0 Å². The van der Waals surface area contributed by atoms with Crippen LogP contribution in [0.2, 0.25) is 0 Å². The van der Waals surface area contributed by atoms with Crippen LogP contribution in [-0.4, -0.2) is 23.9 Å². The third kappa shape index (κ3) is 3.22. The zero-order valence-electron chi connectivity index (χ0n) is 15.4. The van der Waals surface area contributed by atoms with Crippen LogP contribution in [0.3, 0.4) is 0 Å². The zero-order chi connectivity index (χ0) is 19.8. The Bertz CT molecular complexity index is 998. The highest BCUT2D eigenvalue weighted by Crippen LogP contribution is 2.44. The minimum Gasteiger partial charge on any atom is -0.504 e. The monoisotopic (exact) mass is 441 g/mol. The van der Waals surface area contributed by atoms with Crippen molar-refractivity contribution in [2.75, 3.05) is 12.0 Å². The molecule has 28 heavy (non-hydrogen) atoms. The third-order valence-electron chi connectivity index (χ3n) is 5.35. The second-order valence-corrected chi connectivity index (χ2v) is 7.95. The number of carbonyl (C=O) groups is 2. The summed E-state index contributed by atoms with van der Waals surface area (Å²) in [5.41, 5.74) is 3.07. The summed E-state index contributed by atoms with van der Waals surface area (Å²) in [5.74, 6) is 0.0979. The Balaban J connectivity index is 1.86. The van der Waals surface area contributed by atoms with Gasteiger partial charge in [0.15, 0.2) is 17.3 Å². The van der Waals surface area contributed by atoms with Crippen LogP contribution in [0, 0.1) is 0 Å². The maximum absolute atomic E-state index is 13.2. The number of Topliss-reactive ketones (excluding diaryl/α,β-unsaturated/α-hetero) is 1. The van der Waals surface area contributed by atoms with Crippen LogP contribution in [0.5, 0.6) is 11.5 Å². The van der Waals surface area contributed by atoms with Gasteiger partial charge < -0.3 is 9.84 Å². The van der Waals surface area contributed by atoms with Gasteiger partial charge in [-0.1, -0.05) is 28.1 Å². The second kappa shape index (κ2) is 7.43. The number of nitrogens with zero attached hydrogens (tertiary/aromatic N) is 1. The molecule has 0 bridgehead atoms. The summed E-state index contributed by atoms with van der Waals surface area (Å²) in [4.78, 5) is 27.8. The number of phenolic OH excluding ortho intramolecular Hbond substituents is 1. The van der Waals surface area contributed by atoms with Crippen LogP contribution < -0.4 is 9.64 Å². The highest BCUT2D eigenvalue weighted by Gasteiger charge is 2.39. The van der Waals surface area contributed by atoms with Gasteiger partial charge >= 0.3 is 0 Å². The molecule has 0 saturated heterocycles. The zero-order valence-corrected chi connectivity index (χ0v) is 17.0. The molecule has 2 aromatic rings. The number of amides is 1. The Morgan fingerprint density at radius 2 is 1.96 bits per heavy atom. The van der Waals surface area contributed by atoms with E-state index in [4.69, 9.17) is 4.74 Å². The first-order chi connectivity index (χ1) is 13.5. The standard InChI is InChI=1S/C22H20BrNO4/c1-28-20-10-13(8-9-18(20)25)16-12-21(27)24(15-5-2-4-14(23)11-15)17-6-3-7-19(26)22(16)17/h2,4-5,8-11,16,25H,3,6-7,12H2,1H3. The SMILES string of the molecule is COc1cc(C2CC(=O)N(c3cccc(Br)c3)C3=C2C(=O)CCC3)ccc1O. The van der Waals surface area contributed by atoms with Crippen molar-refractivity contribution in [2.45, 2.75) is 31.6 Å². The normalized spacial score (nSPS) is 19.6. The van der Waals surface area contributed by atoms with E-state index in [2.05, 4.69) is 15.9 Å². The number of rotatable bonds is 3. The van der Waals surface area contributed by atoms with E-state index in [0.717, 1.165) is 27.8 Å². The Labute approximate surface area is 171 Å². The summed E-state index contributed by atoms with van der Waals surface area (Å²) in [6.45, 7) is 0. The third-order valence-corrected chi connectivity index (χ3v) is 5.84. The van der Waals surface area contributed by atoms with Crippen LogP contribution in [0.4, 0.5) is 5.69 Å². The van der Waals surface area contributed by atoms with E-state index in [1.165, 1.54) is 7.11 Å². The number of benzene rings is 2. The lowest BCUT2D eigenvalue weighted by Gasteiger charge is -2.38. The molecule has 2 aromatic carbocycles. The van der Waals surface area contributed by atoms with Crippen molar-refractivity contribution in [3.63, 3.8) is 0 Å². The topological polar surface area (TPSA) is 66.8 Å². The van der Waals surface area contributed by atoms with Crippen molar-refractivity contribution in [3.8, 4) is 11.5 Å². The van der Waals surface area contributed by atoms with Crippen molar-refractivity contribution in [1.29, 1.82) is 0 Å². The highest BCUT2D eigenvalue weighted by atomic mass is 79.9. The molecule has 0 radical (unpaired) electrons.